The fraction of sp³-hybridized carbons (Fsp3) is 0.500. The Hall–Kier alpha value is -0.710. The molecular weight excluding hydrogens is 173 g/mol. The summed E-state index contributed by atoms with van der Waals surface area (Å²) in [5, 5.41) is 0. The first kappa shape index (κ1) is 10.3. The zero-order chi connectivity index (χ0) is 9.23. The van der Waals surface area contributed by atoms with Gasteiger partial charge in [-0.25, -0.2) is 4.57 Å². The molecule has 0 saturated heterocycles. The molecule has 0 heterocycles. The Labute approximate surface area is 63.0 Å². The number of carbonyl (C=O) groups is 2. The van der Waals surface area contributed by atoms with Gasteiger partial charge in [-0.2, -0.15) is 4.67 Å². The monoisotopic (exact) mass is 181 g/mol. The molecular formula is C4H8NO5P. The van der Waals surface area contributed by atoms with Crippen LogP contribution in [0.3, 0.4) is 0 Å². The lowest BCUT2D eigenvalue weighted by atomic mass is 10.6. The van der Waals surface area contributed by atoms with Crippen molar-refractivity contribution in [2.45, 2.75) is 13.8 Å². The molecule has 0 aromatic rings. The van der Waals surface area contributed by atoms with E-state index in [9.17, 15) is 14.2 Å². The Balaban J connectivity index is 4.78. The lowest BCUT2D eigenvalue weighted by molar-refractivity contribution is -0.137. The highest BCUT2D eigenvalue weighted by atomic mass is 31.2. The van der Waals surface area contributed by atoms with Crippen molar-refractivity contribution >= 4 is 19.6 Å². The topological polar surface area (TPSA) is 94.9 Å². The Morgan fingerprint density at radius 1 is 1.18 bits per heavy atom. The van der Waals surface area contributed by atoms with E-state index in [1.54, 1.807) is 0 Å². The van der Waals surface area contributed by atoms with Gasteiger partial charge in [-0.1, -0.05) is 0 Å². The minimum atomic E-state index is -4.75. The van der Waals surface area contributed by atoms with Gasteiger partial charge in [0.25, 0.3) is 0 Å². The predicted molar refractivity (Wildman–Crippen MR) is 35.2 cm³/mol. The first-order valence-corrected chi connectivity index (χ1v) is 4.20. The molecule has 0 aromatic carbocycles. The summed E-state index contributed by atoms with van der Waals surface area (Å²) < 4.78 is 10.3. The van der Waals surface area contributed by atoms with Gasteiger partial charge in [0.2, 0.25) is 11.8 Å². The van der Waals surface area contributed by atoms with E-state index in [1.807, 2.05) is 0 Å². The summed E-state index contributed by atoms with van der Waals surface area (Å²) in [5.74, 6) is -1.93. The van der Waals surface area contributed by atoms with E-state index >= 15 is 0 Å². The molecule has 7 heteroatoms. The zero-order valence-corrected chi connectivity index (χ0v) is 6.91. The normalized spacial score (nSPS) is 10.9. The molecule has 0 aliphatic heterocycles. The molecule has 6 nitrogen and oxygen atoms in total. The molecule has 0 aliphatic rings. The van der Waals surface area contributed by atoms with Crippen LogP contribution in [-0.4, -0.2) is 26.3 Å². The molecule has 0 aromatic heterocycles. The van der Waals surface area contributed by atoms with Crippen molar-refractivity contribution in [1.29, 1.82) is 0 Å². The SMILES string of the molecule is CC(=O)N(C(C)=O)P(=O)(O)O. The van der Waals surface area contributed by atoms with Crippen molar-refractivity contribution in [3.05, 3.63) is 0 Å². The van der Waals surface area contributed by atoms with E-state index in [1.165, 1.54) is 0 Å². The minimum Gasteiger partial charge on any atom is -0.308 e. The Morgan fingerprint density at radius 3 is 1.45 bits per heavy atom. The van der Waals surface area contributed by atoms with Crippen LogP contribution in [0.15, 0.2) is 0 Å². The van der Waals surface area contributed by atoms with Crippen LogP contribution in [0.1, 0.15) is 13.8 Å². The van der Waals surface area contributed by atoms with Crippen LogP contribution in [0.2, 0.25) is 0 Å². The van der Waals surface area contributed by atoms with Gasteiger partial charge in [-0.15, -0.1) is 0 Å². The molecule has 0 atom stereocenters. The maximum absolute atomic E-state index is 10.4. The average molecular weight is 181 g/mol. The van der Waals surface area contributed by atoms with E-state index in [2.05, 4.69) is 0 Å². The lowest BCUT2D eigenvalue weighted by Gasteiger charge is -2.16. The second-order valence-electron chi connectivity index (χ2n) is 1.86. The molecule has 0 fully saturated rings. The average Bonchev–Trinajstić information content (AvgIpc) is 1.54. The first-order chi connectivity index (χ1) is 4.76. The van der Waals surface area contributed by atoms with Crippen molar-refractivity contribution < 1.29 is 23.9 Å². The number of amides is 2. The van der Waals surface area contributed by atoms with E-state index in [0.29, 0.717) is 0 Å². The van der Waals surface area contributed by atoms with Gasteiger partial charge in [0, 0.05) is 13.8 Å². The summed E-state index contributed by atoms with van der Waals surface area (Å²) in [7, 11) is -4.75. The molecule has 0 aliphatic carbocycles. The molecule has 0 radical (unpaired) electrons. The van der Waals surface area contributed by atoms with E-state index in [0.717, 1.165) is 13.8 Å². The van der Waals surface area contributed by atoms with E-state index in [4.69, 9.17) is 9.79 Å². The predicted octanol–water partition coefficient (Wildman–Crippen LogP) is -0.526. The lowest BCUT2D eigenvalue weighted by Crippen LogP contribution is -2.29. The van der Waals surface area contributed by atoms with Crippen molar-refractivity contribution in [1.82, 2.24) is 4.67 Å². The molecule has 2 N–H and O–H groups in total. The highest BCUT2D eigenvalue weighted by Gasteiger charge is 2.31. The first-order valence-electron chi connectivity index (χ1n) is 2.64. The van der Waals surface area contributed by atoms with E-state index < -0.39 is 19.6 Å². The molecule has 0 saturated carbocycles. The van der Waals surface area contributed by atoms with E-state index in [-0.39, 0.29) is 4.67 Å². The molecule has 0 unspecified atom stereocenters. The van der Waals surface area contributed by atoms with Crippen LogP contribution in [0, 0.1) is 0 Å². The quantitative estimate of drug-likeness (QED) is 0.530. The summed E-state index contributed by atoms with van der Waals surface area (Å²) in [6, 6.07) is 0. The largest absolute Gasteiger partial charge is 0.439 e. The van der Waals surface area contributed by atoms with Crippen LogP contribution in [0.4, 0.5) is 0 Å². The van der Waals surface area contributed by atoms with Gasteiger partial charge >= 0.3 is 7.75 Å². The van der Waals surface area contributed by atoms with Crippen LogP contribution in [0.5, 0.6) is 0 Å². The number of carbonyl (C=O) groups excluding carboxylic acids is 2. The van der Waals surface area contributed by atoms with Gasteiger partial charge in [-0.3, -0.25) is 9.59 Å². The van der Waals surface area contributed by atoms with Crippen LogP contribution < -0.4 is 0 Å². The number of hydrogen-bond acceptors (Lipinski definition) is 3. The third-order valence-electron chi connectivity index (χ3n) is 0.857. The maximum Gasteiger partial charge on any atom is 0.439 e. The summed E-state index contributed by atoms with van der Waals surface area (Å²) >= 11 is 0. The van der Waals surface area contributed by atoms with Gasteiger partial charge < -0.3 is 9.79 Å². The van der Waals surface area contributed by atoms with Crippen LogP contribution in [0.25, 0.3) is 0 Å². The number of rotatable bonds is 1. The zero-order valence-electron chi connectivity index (χ0n) is 6.01. The molecule has 64 valence electrons. The number of imide groups is 1. The molecule has 0 bridgehead atoms. The highest BCUT2D eigenvalue weighted by molar-refractivity contribution is 7.50. The smallest absolute Gasteiger partial charge is 0.308 e. The summed E-state index contributed by atoms with van der Waals surface area (Å²) in [5.41, 5.74) is 0. The Kier molecular flexibility index (Phi) is 2.92. The second-order valence-corrected chi connectivity index (χ2v) is 3.29. The minimum absolute atomic E-state index is 0.0903. The van der Waals surface area contributed by atoms with Crippen LogP contribution in [-0.2, 0) is 14.2 Å². The van der Waals surface area contributed by atoms with Gasteiger partial charge in [0.05, 0.1) is 0 Å². The summed E-state index contributed by atoms with van der Waals surface area (Å²) in [6.45, 7) is 1.81. The van der Waals surface area contributed by atoms with Crippen LogP contribution >= 0.6 is 7.75 Å². The highest BCUT2D eigenvalue weighted by Crippen LogP contribution is 2.39. The molecule has 11 heavy (non-hydrogen) atoms. The standard InChI is InChI=1S/C4H8NO5P/c1-3(6)5(4(2)7)11(8,9)10/h1-2H3,(H2,8,9,10). The number of hydrogen-bond donors (Lipinski definition) is 2. The second kappa shape index (κ2) is 3.13. The maximum atomic E-state index is 10.4. The Morgan fingerprint density at radius 2 is 1.45 bits per heavy atom. The Bertz CT molecular complexity index is 217. The molecule has 2 amide bonds. The summed E-state index contributed by atoms with van der Waals surface area (Å²) in [4.78, 5) is 37.7. The third-order valence-corrected chi connectivity index (χ3v) is 1.94. The van der Waals surface area contributed by atoms with Gasteiger partial charge in [0.1, 0.15) is 0 Å². The van der Waals surface area contributed by atoms with Gasteiger partial charge in [0.15, 0.2) is 0 Å². The molecule has 0 rings (SSSR count). The van der Waals surface area contributed by atoms with Crippen molar-refractivity contribution in [3.8, 4) is 0 Å². The van der Waals surface area contributed by atoms with Crippen molar-refractivity contribution in [2.24, 2.45) is 0 Å². The third kappa shape index (κ3) is 2.80. The van der Waals surface area contributed by atoms with Crippen molar-refractivity contribution in [2.75, 3.05) is 0 Å². The van der Waals surface area contributed by atoms with Crippen molar-refractivity contribution in [3.63, 3.8) is 0 Å². The fourth-order valence-corrected chi connectivity index (χ4v) is 1.32. The number of nitrogens with zero attached hydrogens (tertiary/aromatic N) is 1. The van der Waals surface area contributed by atoms with Gasteiger partial charge in [-0.05, 0) is 0 Å². The molecule has 0 spiro atoms. The fourth-order valence-electron chi connectivity index (χ4n) is 0.589. The summed E-state index contributed by atoms with van der Waals surface area (Å²) in [6.07, 6.45) is 0.